The summed E-state index contributed by atoms with van der Waals surface area (Å²) in [5, 5.41) is 9.15. The Morgan fingerprint density at radius 3 is 2.56 bits per heavy atom. The molecule has 1 heterocycles. The van der Waals surface area contributed by atoms with Gasteiger partial charge in [0.05, 0.1) is 0 Å². The van der Waals surface area contributed by atoms with E-state index in [-0.39, 0.29) is 0 Å². The number of rotatable bonds is 11. The largest absolute Gasteiger partial charge is 0.317 e. The molecule has 0 bridgehead atoms. The van der Waals surface area contributed by atoms with Crippen LogP contribution in [0.15, 0.2) is 17.5 Å². The van der Waals surface area contributed by atoms with Gasteiger partial charge < -0.3 is 10.6 Å². The van der Waals surface area contributed by atoms with Crippen LogP contribution in [0.5, 0.6) is 0 Å². The van der Waals surface area contributed by atoms with Crippen LogP contribution in [0, 0.1) is 5.92 Å². The van der Waals surface area contributed by atoms with E-state index in [1.165, 1.54) is 30.6 Å². The van der Waals surface area contributed by atoms with Crippen molar-refractivity contribution in [3.8, 4) is 0 Å². The van der Waals surface area contributed by atoms with Crippen LogP contribution in [-0.4, -0.2) is 26.2 Å². The summed E-state index contributed by atoms with van der Waals surface area (Å²) in [6.07, 6.45) is 5.07. The van der Waals surface area contributed by atoms with Crippen LogP contribution >= 0.6 is 11.3 Å². The summed E-state index contributed by atoms with van der Waals surface area (Å²) < 4.78 is 0. The van der Waals surface area contributed by atoms with E-state index in [1.807, 2.05) is 11.3 Å². The zero-order valence-electron chi connectivity index (χ0n) is 11.9. The molecule has 0 saturated heterocycles. The lowest BCUT2D eigenvalue weighted by Crippen LogP contribution is -2.25. The number of aryl methyl sites for hydroxylation is 1. The van der Waals surface area contributed by atoms with Gasteiger partial charge in [-0.3, -0.25) is 0 Å². The minimum absolute atomic E-state index is 0.759. The first-order valence-electron chi connectivity index (χ1n) is 7.23. The molecule has 0 radical (unpaired) electrons. The van der Waals surface area contributed by atoms with Crippen molar-refractivity contribution in [3.63, 3.8) is 0 Å². The Morgan fingerprint density at radius 2 is 1.83 bits per heavy atom. The topological polar surface area (TPSA) is 24.1 Å². The lowest BCUT2D eigenvalue weighted by molar-refractivity contribution is 0.526. The maximum Gasteiger partial charge on any atom is 0.00452 e. The first kappa shape index (κ1) is 15.7. The average Bonchev–Trinajstić information content (AvgIpc) is 2.84. The first-order valence-corrected chi connectivity index (χ1v) is 8.11. The van der Waals surface area contributed by atoms with E-state index in [2.05, 4.69) is 42.0 Å². The molecule has 1 aromatic rings. The summed E-state index contributed by atoms with van der Waals surface area (Å²) in [6.45, 7) is 9.08. The lowest BCUT2D eigenvalue weighted by Gasteiger charge is -2.08. The third-order valence-electron chi connectivity index (χ3n) is 2.87. The fraction of sp³-hybridized carbons (Fsp3) is 0.733. The van der Waals surface area contributed by atoms with Crippen molar-refractivity contribution < 1.29 is 0 Å². The zero-order valence-corrected chi connectivity index (χ0v) is 12.7. The summed E-state index contributed by atoms with van der Waals surface area (Å²) in [5.41, 5.74) is 0. The van der Waals surface area contributed by atoms with E-state index in [0.29, 0.717) is 0 Å². The smallest absolute Gasteiger partial charge is 0.00452 e. The van der Waals surface area contributed by atoms with E-state index in [1.54, 1.807) is 0 Å². The Labute approximate surface area is 116 Å². The van der Waals surface area contributed by atoms with Crippen molar-refractivity contribution in [3.05, 3.63) is 22.4 Å². The van der Waals surface area contributed by atoms with Crippen LogP contribution in [0.4, 0.5) is 0 Å². The van der Waals surface area contributed by atoms with Crippen molar-refractivity contribution in [2.24, 2.45) is 5.92 Å². The molecule has 1 aromatic heterocycles. The average molecular weight is 268 g/mol. The van der Waals surface area contributed by atoms with Gasteiger partial charge in [-0.05, 0) is 69.2 Å². The number of thiophene rings is 1. The minimum Gasteiger partial charge on any atom is -0.317 e. The minimum atomic E-state index is 0.759. The molecule has 0 atom stereocenters. The predicted molar refractivity (Wildman–Crippen MR) is 82.5 cm³/mol. The molecule has 0 aliphatic heterocycles. The second kappa shape index (κ2) is 10.5. The molecule has 0 spiro atoms. The molecular formula is C15H28N2S. The molecule has 0 fully saturated rings. The molecule has 0 aromatic carbocycles. The van der Waals surface area contributed by atoms with Gasteiger partial charge in [0.15, 0.2) is 0 Å². The van der Waals surface area contributed by atoms with Gasteiger partial charge in [-0.2, -0.15) is 0 Å². The number of nitrogens with one attached hydrogen (secondary N) is 2. The van der Waals surface area contributed by atoms with Crippen LogP contribution < -0.4 is 10.6 Å². The van der Waals surface area contributed by atoms with E-state index in [0.717, 1.165) is 32.1 Å². The number of unbranched alkanes of at least 4 members (excludes halogenated alkanes) is 1. The van der Waals surface area contributed by atoms with E-state index in [4.69, 9.17) is 0 Å². The first-order chi connectivity index (χ1) is 8.79. The molecule has 2 nitrogen and oxygen atoms in total. The summed E-state index contributed by atoms with van der Waals surface area (Å²) in [4.78, 5) is 1.52. The highest BCUT2D eigenvalue weighted by Crippen LogP contribution is 2.11. The third-order valence-corrected chi connectivity index (χ3v) is 3.80. The van der Waals surface area contributed by atoms with Crippen LogP contribution in [0.2, 0.25) is 0 Å². The molecule has 104 valence electrons. The van der Waals surface area contributed by atoms with Crippen LogP contribution in [0.3, 0.4) is 0 Å². The molecule has 3 heteroatoms. The second-order valence-electron chi connectivity index (χ2n) is 5.24. The SMILES string of the molecule is CC(C)CNCCCNCCCCc1cccs1. The monoisotopic (exact) mass is 268 g/mol. The number of hydrogen-bond acceptors (Lipinski definition) is 3. The van der Waals surface area contributed by atoms with Crippen molar-refractivity contribution in [1.82, 2.24) is 10.6 Å². The van der Waals surface area contributed by atoms with Gasteiger partial charge >= 0.3 is 0 Å². The lowest BCUT2D eigenvalue weighted by atomic mass is 10.2. The van der Waals surface area contributed by atoms with Crippen molar-refractivity contribution >= 4 is 11.3 Å². The maximum absolute atomic E-state index is 3.52. The normalized spacial score (nSPS) is 11.3. The standard InChI is InChI=1S/C15H28N2S/c1-14(2)13-17-11-6-10-16-9-4-3-7-15-8-5-12-18-15/h5,8,12,14,16-17H,3-4,6-7,9-11,13H2,1-2H3. The fourth-order valence-electron chi connectivity index (χ4n) is 1.86. The van der Waals surface area contributed by atoms with Gasteiger partial charge in [-0.15, -0.1) is 11.3 Å². The molecule has 1 rings (SSSR count). The fourth-order valence-corrected chi connectivity index (χ4v) is 2.61. The Balaban J connectivity index is 1.76. The Kier molecular flexibility index (Phi) is 9.17. The zero-order chi connectivity index (χ0) is 13.1. The van der Waals surface area contributed by atoms with Crippen molar-refractivity contribution in [2.75, 3.05) is 26.2 Å². The summed E-state index contributed by atoms with van der Waals surface area (Å²) in [5.74, 6) is 0.759. The van der Waals surface area contributed by atoms with Crippen molar-refractivity contribution in [2.45, 2.75) is 39.5 Å². The molecule has 18 heavy (non-hydrogen) atoms. The molecule has 0 aliphatic rings. The predicted octanol–water partition coefficient (Wildman–Crippen LogP) is 3.30. The highest BCUT2D eigenvalue weighted by atomic mass is 32.1. The number of hydrogen-bond donors (Lipinski definition) is 2. The van der Waals surface area contributed by atoms with Gasteiger partial charge in [-0.1, -0.05) is 19.9 Å². The highest BCUT2D eigenvalue weighted by Gasteiger charge is 1.95. The van der Waals surface area contributed by atoms with Gasteiger partial charge in [0.25, 0.3) is 0 Å². The van der Waals surface area contributed by atoms with Crippen LogP contribution in [-0.2, 0) is 6.42 Å². The molecule has 0 aliphatic carbocycles. The highest BCUT2D eigenvalue weighted by molar-refractivity contribution is 7.09. The summed E-state index contributed by atoms with van der Waals surface area (Å²) >= 11 is 1.87. The van der Waals surface area contributed by atoms with Gasteiger partial charge in [0.2, 0.25) is 0 Å². The summed E-state index contributed by atoms with van der Waals surface area (Å²) in [6, 6.07) is 4.38. The Hall–Kier alpha value is -0.380. The van der Waals surface area contributed by atoms with Gasteiger partial charge in [-0.25, -0.2) is 0 Å². The second-order valence-corrected chi connectivity index (χ2v) is 6.27. The summed E-state index contributed by atoms with van der Waals surface area (Å²) in [7, 11) is 0. The maximum atomic E-state index is 3.52. The molecule has 0 unspecified atom stereocenters. The van der Waals surface area contributed by atoms with E-state index >= 15 is 0 Å². The molecule has 0 saturated carbocycles. The molecule has 0 amide bonds. The Bertz CT molecular complexity index is 270. The van der Waals surface area contributed by atoms with E-state index < -0.39 is 0 Å². The van der Waals surface area contributed by atoms with E-state index in [9.17, 15) is 0 Å². The quantitative estimate of drug-likeness (QED) is 0.602. The molecule has 2 N–H and O–H groups in total. The Morgan fingerprint density at radius 1 is 1.06 bits per heavy atom. The molecular weight excluding hydrogens is 240 g/mol. The van der Waals surface area contributed by atoms with Crippen LogP contribution in [0.25, 0.3) is 0 Å². The van der Waals surface area contributed by atoms with Crippen molar-refractivity contribution in [1.29, 1.82) is 0 Å². The van der Waals surface area contributed by atoms with Crippen LogP contribution in [0.1, 0.15) is 38.0 Å². The van der Waals surface area contributed by atoms with Gasteiger partial charge in [0.1, 0.15) is 0 Å². The van der Waals surface area contributed by atoms with Gasteiger partial charge in [0, 0.05) is 4.88 Å². The third kappa shape index (κ3) is 8.67.